The summed E-state index contributed by atoms with van der Waals surface area (Å²) >= 11 is 5.53. The summed E-state index contributed by atoms with van der Waals surface area (Å²) in [6.45, 7) is 1.66. The Morgan fingerprint density at radius 2 is 2.00 bits per heavy atom. The van der Waals surface area contributed by atoms with Gasteiger partial charge in [0.05, 0.1) is 12.4 Å². The monoisotopic (exact) mass is 301 g/mol. The molecule has 0 unspecified atom stereocenters. The number of sulfonamides is 1. The third-order valence-electron chi connectivity index (χ3n) is 2.24. The Balaban J connectivity index is 2.35. The van der Waals surface area contributed by atoms with E-state index in [0.717, 1.165) is 12.3 Å². The molecule has 0 bridgehead atoms. The Morgan fingerprint density at radius 3 is 2.58 bits per heavy atom. The Bertz CT molecular complexity index is 704. The van der Waals surface area contributed by atoms with Crippen molar-refractivity contribution in [3.63, 3.8) is 0 Å². The molecule has 19 heavy (non-hydrogen) atoms. The maximum absolute atomic E-state index is 13.6. The van der Waals surface area contributed by atoms with Crippen LogP contribution in [0.2, 0.25) is 5.15 Å². The predicted octanol–water partition coefficient (Wildman–Crippen LogP) is 2.38. The SMILES string of the molecule is Cc1ccc(S(=O)(=O)Nc2cnc(Cl)cn2)c(F)c1. The van der Waals surface area contributed by atoms with Gasteiger partial charge >= 0.3 is 0 Å². The average molecular weight is 302 g/mol. The van der Waals surface area contributed by atoms with E-state index < -0.39 is 20.7 Å². The number of benzene rings is 1. The van der Waals surface area contributed by atoms with Gasteiger partial charge in [-0.05, 0) is 24.6 Å². The van der Waals surface area contributed by atoms with Crippen LogP contribution in [0.25, 0.3) is 0 Å². The lowest BCUT2D eigenvalue weighted by Gasteiger charge is -2.08. The Labute approximate surface area is 114 Å². The molecule has 0 aliphatic heterocycles. The third-order valence-corrected chi connectivity index (χ3v) is 3.82. The van der Waals surface area contributed by atoms with Crippen LogP contribution in [0.5, 0.6) is 0 Å². The first kappa shape index (κ1) is 13.7. The minimum absolute atomic E-state index is 0.0376. The number of aryl methyl sites for hydroxylation is 1. The quantitative estimate of drug-likeness (QED) is 0.945. The second-order valence-electron chi connectivity index (χ2n) is 3.76. The summed E-state index contributed by atoms with van der Waals surface area (Å²) in [5.74, 6) is -0.862. The molecule has 0 fully saturated rings. The minimum atomic E-state index is -4.04. The van der Waals surface area contributed by atoms with E-state index in [-0.39, 0.29) is 11.0 Å². The summed E-state index contributed by atoms with van der Waals surface area (Å²) in [5, 5.41) is 0.129. The molecule has 0 amide bonds. The van der Waals surface area contributed by atoms with Gasteiger partial charge in [0.25, 0.3) is 10.0 Å². The number of aromatic nitrogens is 2. The summed E-state index contributed by atoms with van der Waals surface area (Å²) in [6.07, 6.45) is 2.33. The summed E-state index contributed by atoms with van der Waals surface area (Å²) in [6, 6.07) is 3.84. The molecule has 1 aromatic heterocycles. The Kier molecular flexibility index (Phi) is 3.68. The fourth-order valence-corrected chi connectivity index (χ4v) is 2.53. The molecule has 1 N–H and O–H groups in total. The summed E-state index contributed by atoms with van der Waals surface area (Å²) in [5.41, 5.74) is 0.628. The molecule has 8 heteroatoms. The average Bonchev–Trinajstić information content (AvgIpc) is 2.31. The van der Waals surface area contributed by atoms with Crippen molar-refractivity contribution >= 4 is 27.4 Å². The molecule has 0 saturated carbocycles. The van der Waals surface area contributed by atoms with E-state index in [4.69, 9.17) is 11.6 Å². The van der Waals surface area contributed by atoms with E-state index in [9.17, 15) is 12.8 Å². The second kappa shape index (κ2) is 5.10. The fourth-order valence-electron chi connectivity index (χ4n) is 1.38. The molecule has 0 aliphatic carbocycles. The van der Waals surface area contributed by atoms with Crippen LogP contribution >= 0.6 is 11.6 Å². The molecular formula is C11H9ClFN3O2S. The van der Waals surface area contributed by atoms with Gasteiger partial charge in [-0.2, -0.15) is 0 Å². The molecule has 0 radical (unpaired) electrons. The summed E-state index contributed by atoms with van der Waals surface area (Å²) in [7, 11) is -4.04. The van der Waals surface area contributed by atoms with Crippen molar-refractivity contribution in [1.29, 1.82) is 0 Å². The van der Waals surface area contributed by atoms with Gasteiger partial charge in [-0.25, -0.2) is 22.8 Å². The van der Waals surface area contributed by atoms with Gasteiger partial charge in [-0.1, -0.05) is 17.7 Å². The van der Waals surface area contributed by atoms with Crippen LogP contribution in [0.1, 0.15) is 5.56 Å². The fraction of sp³-hybridized carbons (Fsp3) is 0.0909. The zero-order chi connectivity index (χ0) is 14.0. The molecule has 1 aromatic carbocycles. The topological polar surface area (TPSA) is 72.0 Å². The molecule has 0 atom stereocenters. The van der Waals surface area contributed by atoms with Gasteiger partial charge in [0, 0.05) is 0 Å². The Morgan fingerprint density at radius 1 is 1.26 bits per heavy atom. The van der Waals surface area contributed by atoms with Gasteiger partial charge in [-0.3, -0.25) is 4.72 Å². The van der Waals surface area contributed by atoms with Gasteiger partial charge in [0.2, 0.25) is 0 Å². The van der Waals surface area contributed by atoms with Crippen molar-refractivity contribution in [1.82, 2.24) is 9.97 Å². The van der Waals surface area contributed by atoms with Crippen molar-refractivity contribution in [3.8, 4) is 0 Å². The molecule has 2 rings (SSSR count). The predicted molar refractivity (Wildman–Crippen MR) is 69.0 cm³/mol. The lowest BCUT2D eigenvalue weighted by Crippen LogP contribution is -2.15. The number of rotatable bonds is 3. The number of nitrogens with zero attached hydrogens (tertiary/aromatic N) is 2. The van der Waals surface area contributed by atoms with Crippen molar-refractivity contribution in [2.45, 2.75) is 11.8 Å². The highest BCUT2D eigenvalue weighted by molar-refractivity contribution is 7.92. The number of hydrogen-bond donors (Lipinski definition) is 1. The van der Waals surface area contributed by atoms with E-state index >= 15 is 0 Å². The maximum Gasteiger partial charge on any atom is 0.266 e. The normalized spacial score (nSPS) is 11.3. The first-order valence-corrected chi connectivity index (χ1v) is 7.01. The highest BCUT2D eigenvalue weighted by Crippen LogP contribution is 2.18. The lowest BCUT2D eigenvalue weighted by molar-refractivity contribution is 0.569. The zero-order valence-electron chi connectivity index (χ0n) is 9.76. The van der Waals surface area contributed by atoms with Crippen LogP contribution in [0.4, 0.5) is 10.2 Å². The van der Waals surface area contributed by atoms with Crippen molar-refractivity contribution in [2.24, 2.45) is 0 Å². The standard InChI is InChI=1S/C11H9ClFN3O2S/c1-7-2-3-9(8(13)4-7)19(17,18)16-11-6-14-10(12)5-15-11/h2-6H,1H3,(H,15,16). The van der Waals surface area contributed by atoms with Gasteiger partial charge in [-0.15, -0.1) is 0 Å². The van der Waals surface area contributed by atoms with Crippen molar-refractivity contribution in [3.05, 3.63) is 47.1 Å². The molecule has 2 aromatic rings. The summed E-state index contributed by atoms with van der Waals surface area (Å²) < 4.78 is 39.7. The number of hydrogen-bond acceptors (Lipinski definition) is 4. The third kappa shape index (κ3) is 3.18. The van der Waals surface area contributed by atoms with Gasteiger partial charge in [0.1, 0.15) is 15.9 Å². The van der Waals surface area contributed by atoms with Crippen molar-refractivity contribution in [2.75, 3.05) is 4.72 Å². The van der Waals surface area contributed by atoms with Crippen LogP contribution in [-0.4, -0.2) is 18.4 Å². The second-order valence-corrected chi connectivity index (χ2v) is 5.80. The molecule has 0 spiro atoms. The van der Waals surface area contributed by atoms with E-state index in [1.807, 2.05) is 0 Å². The van der Waals surface area contributed by atoms with Gasteiger partial charge < -0.3 is 0 Å². The number of nitrogens with one attached hydrogen (secondary N) is 1. The highest BCUT2D eigenvalue weighted by atomic mass is 35.5. The number of halogens is 2. The summed E-state index contributed by atoms with van der Waals surface area (Å²) in [4.78, 5) is 6.96. The highest BCUT2D eigenvalue weighted by Gasteiger charge is 2.19. The molecular weight excluding hydrogens is 293 g/mol. The maximum atomic E-state index is 13.6. The van der Waals surface area contributed by atoms with E-state index in [2.05, 4.69) is 14.7 Å². The lowest BCUT2D eigenvalue weighted by atomic mass is 10.2. The number of anilines is 1. The first-order valence-electron chi connectivity index (χ1n) is 5.15. The molecule has 0 aliphatic rings. The molecule has 5 nitrogen and oxygen atoms in total. The van der Waals surface area contributed by atoms with Crippen LogP contribution in [0.3, 0.4) is 0 Å². The van der Waals surface area contributed by atoms with Gasteiger partial charge in [0.15, 0.2) is 5.82 Å². The molecule has 100 valence electrons. The van der Waals surface area contributed by atoms with Crippen LogP contribution < -0.4 is 4.72 Å². The largest absolute Gasteiger partial charge is 0.266 e. The molecule has 0 saturated heterocycles. The van der Waals surface area contributed by atoms with Crippen LogP contribution in [0, 0.1) is 12.7 Å². The smallest absolute Gasteiger partial charge is 0.262 e. The van der Waals surface area contributed by atoms with E-state index in [0.29, 0.717) is 5.56 Å². The Hall–Kier alpha value is -1.73. The van der Waals surface area contributed by atoms with Crippen LogP contribution in [0.15, 0.2) is 35.5 Å². The van der Waals surface area contributed by atoms with E-state index in [1.54, 1.807) is 6.92 Å². The van der Waals surface area contributed by atoms with E-state index in [1.165, 1.54) is 18.3 Å². The van der Waals surface area contributed by atoms with Crippen molar-refractivity contribution < 1.29 is 12.8 Å². The minimum Gasteiger partial charge on any atom is -0.262 e. The molecule has 1 heterocycles. The first-order chi connectivity index (χ1) is 8.88. The zero-order valence-corrected chi connectivity index (χ0v) is 11.3. The van der Waals surface area contributed by atoms with Crippen LogP contribution in [-0.2, 0) is 10.0 Å².